The summed E-state index contributed by atoms with van der Waals surface area (Å²) in [4.78, 5) is 22.2. The number of nitro groups is 1. The van der Waals surface area contributed by atoms with E-state index >= 15 is 0 Å². The topological polar surface area (TPSA) is 69.4 Å². The summed E-state index contributed by atoms with van der Waals surface area (Å²) in [5.74, 6) is 1.52. The van der Waals surface area contributed by atoms with Crippen LogP contribution in [0.1, 0.15) is 16.8 Å². The van der Waals surface area contributed by atoms with Gasteiger partial charge >= 0.3 is 5.97 Å². The Morgan fingerprint density at radius 2 is 1.95 bits per heavy atom. The maximum Gasteiger partial charge on any atom is 0.338 e. The van der Waals surface area contributed by atoms with Gasteiger partial charge in [-0.2, -0.15) is 0 Å². The van der Waals surface area contributed by atoms with Crippen molar-refractivity contribution in [1.82, 2.24) is 0 Å². The van der Waals surface area contributed by atoms with Gasteiger partial charge in [-0.05, 0) is 30.4 Å². The van der Waals surface area contributed by atoms with Gasteiger partial charge in [0.2, 0.25) is 0 Å². The second-order valence-corrected chi connectivity index (χ2v) is 6.34. The molecule has 0 N–H and O–H groups in total. The molecule has 0 saturated heterocycles. The second-order valence-electron chi connectivity index (χ2n) is 5.84. The van der Waals surface area contributed by atoms with Crippen LogP contribution in [0.3, 0.4) is 0 Å². The number of carbonyl (C=O) groups is 1. The summed E-state index contributed by atoms with van der Waals surface area (Å²) in [5.41, 5.74) is 0.316. The van der Waals surface area contributed by atoms with Crippen molar-refractivity contribution in [2.75, 3.05) is 0 Å². The molecule has 0 radical (unpaired) electrons. The molecule has 4 aliphatic carbocycles. The van der Waals surface area contributed by atoms with Crippen LogP contribution in [0.25, 0.3) is 0 Å². The first-order valence-corrected chi connectivity index (χ1v) is 7.11. The van der Waals surface area contributed by atoms with Gasteiger partial charge in [-0.3, -0.25) is 10.1 Å². The molecule has 20 heavy (non-hydrogen) atoms. The first kappa shape index (κ1) is 12.1. The fraction of sp³-hybridized carbons (Fsp3) is 0.500. The summed E-state index contributed by atoms with van der Waals surface area (Å²) >= 11 is 6.31. The Bertz CT molecular complexity index is 602. The summed E-state index contributed by atoms with van der Waals surface area (Å²) in [6.07, 6.45) is 1.01. The lowest BCUT2D eigenvalue weighted by atomic mass is 10.1. The van der Waals surface area contributed by atoms with Crippen molar-refractivity contribution >= 4 is 23.3 Å². The number of esters is 1. The Morgan fingerprint density at radius 1 is 1.25 bits per heavy atom. The Kier molecular flexibility index (Phi) is 2.40. The summed E-state index contributed by atoms with van der Waals surface area (Å²) in [6.45, 7) is 0. The molecule has 4 aliphatic rings. The van der Waals surface area contributed by atoms with Gasteiger partial charge in [0.15, 0.2) is 0 Å². The fourth-order valence-electron chi connectivity index (χ4n) is 4.06. The quantitative estimate of drug-likeness (QED) is 0.372. The van der Waals surface area contributed by atoms with E-state index in [9.17, 15) is 14.9 Å². The van der Waals surface area contributed by atoms with Crippen LogP contribution < -0.4 is 0 Å². The van der Waals surface area contributed by atoms with E-state index in [-0.39, 0.29) is 17.2 Å². The highest BCUT2D eigenvalue weighted by atomic mass is 35.5. The number of halogens is 1. The highest BCUT2D eigenvalue weighted by Crippen LogP contribution is 2.72. The summed E-state index contributed by atoms with van der Waals surface area (Å²) in [6, 6.07) is 5.50. The Hall–Kier alpha value is -1.62. The minimum atomic E-state index is -0.492. The van der Waals surface area contributed by atoms with Crippen molar-refractivity contribution in [1.29, 1.82) is 0 Å². The van der Waals surface area contributed by atoms with E-state index in [0.29, 0.717) is 29.2 Å². The average molecular weight is 294 g/mol. The standard InChI is InChI=1S/C14H12ClNO4/c15-12-9-5-8-10(12)11(8)13(9)20-14(17)6-1-3-7(4-2-6)16(18)19/h1-4,8-13H,5H2. The first-order valence-electron chi connectivity index (χ1n) is 6.67. The molecule has 1 aromatic carbocycles. The molecule has 0 aliphatic heterocycles. The van der Waals surface area contributed by atoms with Crippen LogP contribution in [0.2, 0.25) is 0 Å². The Morgan fingerprint density at radius 3 is 2.40 bits per heavy atom. The number of benzene rings is 1. The average Bonchev–Trinajstić information content (AvgIpc) is 2.75. The van der Waals surface area contributed by atoms with Gasteiger partial charge in [-0.25, -0.2) is 4.79 Å². The maximum absolute atomic E-state index is 12.1. The number of carbonyl (C=O) groups excluding carboxylic acids is 1. The SMILES string of the molecule is O=C(OC1C2CC3C(C2Cl)C31)c1ccc([N+](=O)[O-])cc1. The number of hydrogen-bond acceptors (Lipinski definition) is 4. The van der Waals surface area contributed by atoms with Crippen molar-refractivity contribution in [2.24, 2.45) is 23.7 Å². The van der Waals surface area contributed by atoms with E-state index in [2.05, 4.69) is 0 Å². The minimum Gasteiger partial charge on any atom is -0.458 e. The van der Waals surface area contributed by atoms with Gasteiger partial charge in [-0.15, -0.1) is 11.6 Å². The number of nitrogens with zero attached hydrogens (tertiary/aromatic N) is 1. The molecule has 5 nitrogen and oxygen atoms in total. The molecule has 4 bridgehead atoms. The van der Waals surface area contributed by atoms with Crippen molar-refractivity contribution in [3.63, 3.8) is 0 Å². The molecule has 0 aromatic heterocycles. The Labute approximate surface area is 120 Å². The number of non-ortho nitro benzene ring substituents is 1. The fourth-order valence-corrected chi connectivity index (χ4v) is 4.66. The molecule has 4 fully saturated rings. The molecule has 0 spiro atoms. The molecule has 5 rings (SSSR count). The van der Waals surface area contributed by atoms with Crippen LogP contribution in [0.4, 0.5) is 5.69 Å². The van der Waals surface area contributed by atoms with E-state index in [4.69, 9.17) is 16.3 Å². The third-order valence-corrected chi connectivity index (χ3v) is 5.59. The van der Waals surface area contributed by atoms with Crippen molar-refractivity contribution in [3.8, 4) is 0 Å². The van der Waals surface area contributed by atoms with Gasteiger partial charge in [-0.1, -0.05) is 0 Å². The molecule has 6 atom stereocenters. The zero-order valence-corrected chi connectivity index (χ0v) is 11.2. The Balaban J connectivity index is 1.47. The number of ether oxygens (including phenoxy) is 1. The van der Waals surface area contributed by atoms with Crippen molar-refractivity contribution < 1.29 is 14.5 Å². The molecule has 104 valence electrons. The van der Waals surface area contributed by atoms with Crippen LogP contribution in [0.15, 0.2) is 24.3 Å². The predicted molar refractivity (Wildman–Crippen MR) is 70.5 cm³/mol. The summed E-state index contributed by atoms with van der Waals surface area (Å²) in [5, 5.41) is 10.7. The normalized spacial score (nSPS) is 39.6. The zero-order chi connectivity index (χ0) is 14.0. The van der Waals surface area contributed by atoms with E-state index in [1.165, 1.54) is 24.3 Å². The lowest BCUT2D eigenvalue weighted by Gasteiger charge is -2.17. The zero-order valence-electron chi connectivity index (χ0n) is 10.4. The third kappa shape index (κ3) is 1.53. The lowest BCUT2D eigenvalue weighted by Crippen LogP contribution is -2.24. The van der Waals surface area contributed by atoms with Gasteiger partial charge in [0.25, 0.3) is 5.69 Å². The van der Waals surface area contributed by atoms with Crippen LogP contribution in [0.5, 0.6) is 0 Å². The van der Waals surface area contributed by atoms with Crippen LogP contribution >= 0.6 is 11.6 Å². The van der Waals surface area contributed by atoms with E-state index in [0.717, 1.165) is 6.42 Å². The maximum atomic E-state index is 12.1. The highest BCUT2D eigenvalue weighted by Gasteiger charge is 2.74. The molecule has 1 aromatic rings. The van der Waals surface area contributed by atoms with Crippen LogP contribution in [0, 0.1) is 33.8 Å². The minimum absolute atomic E-state index is 0.0345. The highest BCUT2D eigenvalue weighted by molar-refractivity contribution is 6.21. The van der Waals surface area contributed by atoms with E-state index in [1.54, 1.807) is 0 Å². The van der Waals surface area contributed by atoms with Gasteiger partial charge in [0, 0.05) is 29.3 Å². The lowest BCUT2D eigenvalue weighted by molar-refractivity contribution is -0.384. The molecule has 4 saturated carbocycles. The monoisotopic (exact) mass is 293 g/mol. The van der Waals surface area contributed by atoms with Crippen LogP contribution in [-0.4, -0.2) is 22.4 Å². The molecule has 0 amide bonds. The molecular formula is C14H12ClNO4. The van der Waals surface area contributed by atoms with Crippen LogP contribution in [-0.2, 0) is 4.74 Å². The van der Waals surface area contributed by atoms with Gasteiger partial charge in [0.05, 0.1) is 10.5 Å². The number of hydrogen-bond donors (Lipinski definition) is 0. The number of nitro benzene ring substituents is 1. The smallest absolute Gasteiger partial charge is 0.338 e. The van der Waals surface area contributed by atoms with Crippen molar-refractivity contribution in [2.45, 2.75) is 17.9 Å². The molecule has 0 heterocycles. The van der Waals surface area contributed by atoms with Crippen molar-refractivity contribution in [3.05, 3.63) is 39.9 Å². The van der Waals surface area contributed by atoms with Gasteiger partial charge < -0.3 is 4.74 Å². The number of alkyl halides is 1. The van der Waals surface area contributed by atoms with Gasteiger partial charge in [0.1, 0.15) is 6.10 Å². The molecule has 6 unspecified atom stereocenters. The summed E-state index contributed by atoms with van der Waals surface area (Å²) in [7, 11) is 0. The molecular weight excluding hydrogens is 282 g/mol. The third-order valence-electron chi connectivity index (χ3n) is 4.97. The van der Waals surface area contributed by atoms with E-state index in [1.807, 2.05) is 0 Å². The number of rotatable bonds is 3. The molecule has 6 heteroatoms. The first-order chi connectivity index (χ1) is 9.58. The van der Waals surface area contributed by atoms with E-state index < -0.39 is 10.9 Å². The summed E-state index contributed by atoms with van der Waals surface area (Å²) < 4.78 is 5.58. The predicted octanol–water partition coefficient (Wildman–Crippen LogP) is 2.62. The second kappa shape index (κ2) is 3.95. The largest absolute Gasteiger partial charge is 0.458 e.